The highest BCUT2D eigenvalue weighted by molar-refractivity contribution is 14.0. The smallest absolute Gasteiger partial charge is 0.193 e. The second kappa shape index (κ2) is 9.97. The third-order valence-electron chi connectivity index (χ3n) is 3.66. The van der Waals surface area contributed by atoms with E-state index in [0.717, 1.165) is 51.5 Å². The molecule has 0 spiro atoms. The number of benzene rings is 1. The van der Waals surface area contributed by atoms with E-state index in [4.69, 9.17) is 5.73 Å². The summed E-state index contributed by atoms with van der Waals surface area (Å²) in [7, 11) is 0. The highest BCUT2D eigenvalue weighted by Gasteiger charge is 2.14. The molecule has 0 bridgehead atoms. The van der Waals surface area contributed by atoms with Crippen LogP contribution in [0.25, 0.3) is 0 Å². The zero-order chi connectivity index (χ0) is 14.2. The fourth-order valence-corrected chi connectivity index (χ4v) is 2.35. The van der Waals surface area contributed by atoms with Gasteiger partial charge in [-0.3, -0.25) is 9.89 Å². The predicted molar refractivity (Wildman–Crippen MR) is 101 cm³/mol. The first kappa shape index (κ1) is 18.2. The Morgan fingerprint density at radius 1 is 1.14 bits per heavy atom. The molecule has 1 aromatic rings. The molecule has 2 rings (SSSR count). The number of halogens is 1. The van der Waals surface area contributed by atoms with Gasteiger partial charge in [-0.15, -0.1) is 24.0 Å². The van der Waals surface area contributed by atoms with Gasteiger partial charge in [0.15, 0.2) is 5.96 Å². The summed E-state index contributed by atoms with van der Waals surface area (Å²) in [6.45, 7) is 9.70. The molecule has 0 unspecified atom stereocenters. The van der Waals surface area contributed by atoms with Gasteiger partial charge in [0, 0.05) is 38.4 Å². The van der Waals surface area contributed by atoms with E-state index < -0.39 is 0 Å². The van der Waals surface area contributed by atoms with E-state index in [2.05, 4.69) is 27.0 Å². The minimum absolute atomic E-state index is 0. The minimum atomic E-state index is 0. The zero-order valence-corrected chi connectivity index (χ0v) is 15.0. The van der Waals surface area contributed by atoms with Gasteiger partial charge in [-0.2, -0.15) is 0 Å². The maximum Gasteiger partial charge on any atom is 0.193 e. The Morgan fingerprint density at radius 3 is 2.38 bits per heavy atom. The number of piperazine rings is 1. The van der Waals surface area contributed by atoms with Crippen molar-refractivity contribution in [3.63, 3.8) is 0 Å². The molecule has 1 heterocycles. The maximum atomic E-state index is 5.88. The van der Waals surface area contributed by atoms with E-state index in [0.29, 0.717) is 5.96 Å². The van der Waals surface area contributed by atoms with Gasteiger partial charge in [0.05, 0.1) is 6.54 Å². The SMILES string of the molecule is CCN1CCN(CCN=C(N)Nc2ccccc2)CC1.I. The van der Waals surface area contributed by atoms with E-state index in [-0.39, 0.29) is 24.0 Å². The van der Waals surface area contributed by atoms with Crippen molar-refractivity contribution in [1.29, 1.82) is 0 Å². The quantitative estimate of drug-likeness (QED) is 0.446. The van der Waals surface area contributed by atoms with Gasteiger partial charge in [0.1, 0.15) is 0 Å². The molecule has 3 N–H and O–H groups in total. The number of para-hydroxylation sites is 1. The Labute approximate surface area is 144 Å². The first-order valence-electron chi connectivity index (χ1n) is 7.34. The molecule has 118 valence electrons. The van der Waals surface area contributed by atoms with Crippen LogP contribution in [0.2, 0.25) is 0 Å². The van der Waals surface area contributed by atoms with Gasteiger partial charge in [0.2, 0.25) is 0 Å². The van der Waals surface area contributed by atoms with Crippen molar-refractivity contribution in [3.05, 3.63) is 30.3 Å². The molecule has 1 aromatic carbocycles. The Balaban J connectivity index is 0.00000220. The van der Waals surface area contributed by atoms with Crippen molar-refractivity contribution in [3.8, 4) is 0 Å². The van der Waals surface area contributed by atoms with Gasteiger partial charge >= 0.3 is 0 Å². The molecule has 6 heteroatoms. The van der Waals surface area contributed by atoms with Crippen LogP contribution in [0.4, 0.5) is 5.69 Å². The van der Waals surface area contributed by atoms with E-state index in [1.807, 2.05) is 30.3 Å². The second-order valence-electron chi connectivity index (χ2n) is 5.03. The molecule has 1 aliphatic rings. The van der Waals surface area contributed by atoms with Crippen LogP contribution in [0.5, 0.6) is 0 Å². The van der Waals surface area contributed by atoms with Crippen LogP contribution in [0.1, 0.15) is 6.92 Å². The van der Waals surface area contributed by atoms with E-state index in [1.54, 1.807) is 0 Å². The molecule has 1 fully saturated rings. The van der Waals surface area contributed by atoms with Gasteiger partial charge in [-0.1, -0.05) is 25.1 Å². The third kappa shape index (κ3) is 6.62. The first-order valence-corrected chi connectivity index (χ1v) is 7.34. The molecule has 0 aromatic heterocycles. The van der Waals surface area contributed by atoms with Gasteiger partial charge in [-0.05, 0) is 18.7 Å². The van der Waals surface area contributed by atoms with Crippen LogP contribution in [0, 0.1) is 0 Å². The molecular formula is C15H26IN5. The molecule has 1 saturated heterocycles. The van der Waals surface area contributed by atoms with E-state index >= 15 is 0 Å². The Kier molecular flexibility index (Phi) is 8.63. The number of nitrogens with two attached hydrogens (primary N) is 1. The lowest BCUT2D eigenvalue weighted by molar-refractivity contribution is 0.140. The first-order chi connectivity index (χ1) is 9.78. The summed E-state index contributed by atoms with van der Waals surface area (Å²) in [4.78, 5) is 9.31. The number of hydrogen-bond acceptors (Lipinski definition) is 3. The summed E-state index contributed by atoms with van der Waals surface area (Å²) >= 11 is 0. The minimum Gasteiger partial charge on any atom is -0.370 e. The lowest BCUT2D eigenvalue weighted by Crippen LogP contribution is -2.46. The fraction of sp³-hybridized carbons (Fsp3) is 0.533. The van der Waals surface area contributed by atoms with Gasteiger partial charge < -0.3 is 16.0 Å². The number of anilines is 1. The van der Waals surface area contributed by atoms with Crippen LogP contribution < -0.4 is 11.1 Å². The summed E-state index contributed by atoms with van der Waals surface area (Å²) in [5.41, 5.74) is 6.85. The average Bonchev–Trinajstić information content (AvgIpc) is 2.49. The van der Waals surface area contributed by atoms with Crippen molar-refractivity contribution in [2.45, 2.75) is 6.92 Å². The number of nitrogens with zero attached hydrogens (tertiary/aromatic N) is 3. The van der Waals surface area contributed by atoms with E-state index in [9.17, 15) is 0 Å². The van der Waals surface area contributed by atoms with Crippen LogP contribution in [-0.2, 0) is 0 Å². The summed E-state index contributed by atoms with van der Waals surface area (Å²) in [6, 6.07) is 9.89. The van der Waals surface area contributed by atoms with Crippen LogP contribution in [0.3, 0.4) is 0 Å². The monoisotopic (exact) mass is 403 g/mol. The van der Waals surface area contributed by atoms with Crippen LogP contribution in [0.15, 0.2) is 35.3 Å². The van der Waals surface area contributed by atoms with E-state index in [1.165, 1.54) is 0 Å². The van der Waals surface area contributed by atoms with Gasteiger partial charge in [0.25, 0.3) is 0 Å². The highest BCUT2D eigenvalue weighted by atomic mass is 127. The number of guanidine groups is 1. The summed E-state index contributed by atoms with van der Waals surface area (Å²) in [6.07, 6.45) is 0. The number of hydrogen-bond donors (Lipinski definition) is 2. The van der Waals surface area contributed by atoms with Crippen LogP contribution in [-0.4, -0.2) is 61.6 Å². The molecule has 0 aliphatic carbocycles. The fourth-order valence-electron chi connectivity index (χ4n) is 2.35. The number of likely N-dealkylation sites (N-methyl/N-ethyl adjacent to an activating group) is 1. The lowest BCUT2D eigenvalue weighted by Gasteiger charge is -2.33. The number of rotatable bonds is 5. The molecule has 5 nitrogen and oxygen atoms in total. The highest BCUT2D eigenvalue weighted by Crippen LogP contribution is 2.04. The normalized spacial score (nSPS) is 17.3. The molecule has 0 radical (unpaired) electrons. The zero-order valence-electron chi connectivity index (χ0n) is 12.7. The van der Waals surface area contributed by atoms with Gasteiger partial charge in [-0.25, -0.2) is 0 Å². The second-order valence-corrected chi connectivity index (χ2v) is 5.03. The number of nitrogens with one attached hydrogen (secondary N) is 1. The topological polar surface area (TPSA) is 56.9 Å². The number of aliphatic imine (C=N–C) groups is 1. The average molecular weight is 403 g/mol. The Morgan fingerprint density at radius 2 is 1.76 bits per heavy atom. The maximum absolute atomic E-state index is 5.88. The van der Waals surface area contributed by atoms with Crippen molar-refractivity contribution in [2.24, 2.45) is 10.7 Å². The standard InChI is InChI=1S/C15H25N5.HI/c1-2-19-10-12-20(13-11-19)9-8-17-15(16)18-14-6-4-3-5-7-14;/h3-7H,2,8-13H2,1H3,(H3,16,17,18);1H. The molecule has 0 atom stereocenters. The van der Waals surface area contributed by atoms with Crippen LogP contribution >= 0.6 is 24.0 Å². The largest absolute Gasteiger partial charge is 0.370 e. The lowest BCUT2D eigenvalue weighted by atomic mass is 10.3. The summed E-state index contributed by atoms with van der Waals surface area (Å²) in [5.74, 6) is 0.489. The van der Waals surface area contributed by atoms with Crippen molar-refractivity contribution >= 4 is 35.6 Å². The van der Waals surface area contributed by atoms with Crippen molar-refractivity contribution < 1.29 is 0 Å². The molecule has 0 amide bonds. The van der Waals surface area contributed by atoms with Crippen molar-refractivity contribution in [1.82, 2.24) is 9.80 Å². The molecule has 21 heavy (non-hydrogen) atoms. The summed E-state index contributed by atoms with van der Waals surface area (Å²) < 4.78 is 0. The molecule has 1 aliphatic heterocycles. The third-order valence-corrected chi connectivity index (χ3v) is 3.66. The molecular weight excluding hydrogens is 377 g/mol. The summed E-state index contributed by atoms with van der Waals surface area (Å²) in [5, 5.41) is 3.10. The predicted octanol–water partition coefficient (Wildman–Crippen LogP) is 1.67. The van der Waals surface area contributed by atoms with Crippen molar-refractivity contribution in [2.75, 3.05) is 51.1 Å². The Hall–Kier alpha value is -0.860. The molecule has 0 saturated carbocycles. The Bertz CT molecular complexity index is 415.